The highest BCUT2D eigenvalue weighted by Crippen LogP contribution is 2.47. The molecule has 1 heterocycles. The molecule has 1 spiro atoms. The van der Waals surface area contributed by atoms with E-state index in [0.29, 0.717) is 18.6 Å². The molecular formula is C18H22F2N2O3S. The molecular weight excluding hydrogens is 362 g/mol. The fourth-order valence-electron chi connectivity index (χ4n) is 3.61. The number of nitrogens with zero attached hydrogens (tertiary/aromatic N) is 2. The zero-order valence-electron chi connectivity index (χ0n) is 15.0. The number of amides is 1. The van der Waals surface area contributed by atoms with Crippen LogP contribution >= 0.6 is 0 Å². The number of piperidine rings is 1. The highest BCUT2D eigenvalue weighted by molar-refractivity contribution is 7.91. The van der Waals surface area contributed by atoms with Crippen molar-refractivity contribution in [2.75, 3.05) is 13.1 Å². The highest BCUT2D eigenvalue weighted by atomic mass is 32.2. The van der Waals surface area contributed by atoms with Crippen LogP contribution in [-0.4, -0.2) is 44.2 Å². The maximum Gasteiger partial charge on any atom is 0.407 e. The molecule has 1 aliphatic heterocycles. The van der Waals surface area contributed by atoms with Gasteiger partial charge < -0.3 is 14.6 Å². The third-order valence-corrected chi connectivity index (χ3v) is 6.54. The average molecular weight is 384 g/mol. The van der Waals surface area contributed by atoms with Gasteiger partial charge in [0, 0.05) is 29.6 Å². The van der Waals surface area contributed by atoms with E-state index < -0.39 is 39.3 Å². The van der Waals surface area contributed by atoms with E-state index >= 15 is 0 Å². The Morgan fingerprint density at radius 3 is 2.38 bits per heavy atom. The van der Waals surface area contributed by atoms with Gasteiger partial charge in [-0.3, -0.25) is 0 Å². The first kappa shape index (κ1) is 19.1. The van der Waals surface area contributed by atoms with E-state index in [2.05, 4.69) is 4.40 Å². The molecule has 1 amide bonds. The van der Waals surface area contributed by atoms with Crippen LogP contribution < -0.4 is 0 Å². The van der Waals surface area contributed by atoms with Crippen LogP contribution in [0.3, 0.4) is 0 Å². The number of halogens is 2. The molecule has 1 fully saturated rings. The zero-order valence-corrected chi connectivity index (χ0v) is 15.8. The number of fused-ring (bicyclic) bond motifs is 1. The van der Waals surface area contributed by atoms with Gasteiger partial charge in [0.15, 0.2) is 0 Å². The van der Waals surface area contributed by atoms with Gasteiger partial charge in [-0.25, -0.2) is 13.6 Å². The molecule has 0 saturated carbocycles. The highest BCUT2D eigenvalue weighted by Gasteiger charge is 2.50. The third kappa shape index (κ3) is 3.20. The predicted octanol–water partition coefficient (Wildman–Crippen LogP) is 3.53. The first-order valence-electron chi connectivity index (χ1n) is 8.51. The maximum absolute atomic E-state index is 14.6. The number of likely N-dealkylation sites (tertiary alicyclic amines) is 1. The van der Waals surface area contributed by atoms with E-state index in [4.69, 9.17) is 0 Å². The second kappa shape index (κ2) is 6.49. The zero-order chi connectivity index (χ0) is 19.3. The Balaban J connectivity index is 2.08. The summed E-state index contributed by atoms with van der Waals surface area (Å²) in [5.41, 5.74) is -0.00861. The summed E-state index contributed by atoms with van der Waals surface area (Å²) in [7, 11) is 0. The molecule has 26 heavy (non-hydrogen) atoms. The van der Waals surface area contributed by atoms with E-state index in [1.165, 1.54) is 4.90 Å². The Kier molecular flexibility index (Phi) is 4.77. The van der Waals surface area contributed by atoms with Crippen LogP contribution in [0.2, 0.25) is 0 Å². The van der Waals surface area contributed by atoms with Crippen LogP contribution in [0.4, 0.5) is 13.6 Å². The van der Waals surface area contributed by atoms with Crippen LogP contribution in [0.5, 0.6) is 0 Å². The fraction of sp³-hybridized carbons (Fsp3) is 0.556. The van der Waals surface area contributed by atoms with Gasteiger partial charge in [0.2, 0.25) is 0 Å². The molecule has 5 nitrogen and oxygen atoms in total. The summed E-state index contributed by atoms with van der Waals surface area (Å²) >= 11 is -1.63. The van der Waals surface area contributed by atoms with Crippen LogP contribution in [0.15, 0.2) is 16.5 Å². The lowest BCUT2D eigenvalue weighted by Crippen LogP contribution is -2.46. The number of benzene rings is 1. The molecule has 3 rings (SSSR count). The molecule has 1 aromatic carbocycles. The van der Waals surface area contributed by atoms with Crippen molar-refractivity contribution < 1.29 is 23.2 Å². The van der Waals surface area contributed by atoms with Crippen molar-refractivity contribution in [2.45, 2.75) is 44.8 Å². The van der Waals surface area contributed by atoms with Crippen LogP contribution in [0, 0.1) is 17.0 Å². The topological polar surface area (TPSA) is 76.0 Å². The molecule has 1 unspecified atom stereocenters. The van der Waals surface area contributed by atoms with E-state index in [1.54, 1.807) is 20.8 Å². The smallest absolute Gasteiger partial charge is 0.407 e. The van der Waals surface area contributed by atoms with Gasteiger partial charge in [-0.1, -0.05) is 4.40 Å². The number of carboxylic acid groups (broad SMARTS) is 1. The van der Waals surface area contributed by atoms with Crippen LogP contribution in [0.1, 0.15) is 44.7 Å². The Morgan fingerprint density at radius 2 is 1.85 bits per heavy atom. The second-order valence-corrected chi connectivity index (χ2v) is 9.82. The minimum absolute atomic E-state index is 0.103. The number of hydrogen-bond acceptors (Lipinski definition) is 3. The molecule has 1 atom stereocenters. The minimum atomic E-state index is -1.63. The van der Waals surface area contributed by atoms with E-state index in [9.17, 15) is 23.2 Å². The second-order valence-electron chi connectivity index (χ2n) is 7.91. The quantitative estimate of drug-likeness (QED) is 0.753. The molecule has 142 valence electrons. The van der Waals surface area contributed by atoms with Gasteiger partial charge >= 0.3 is 6.09 Å². The van der Waals surface area contributed by atoms with Gasteiger partial charge in [0.05, 0.1) is 0 Å². The van der Waals surface area contributed by atoms with Crippen molar-refractivity contribution in [2.24, 2.45) is 9.81 Å². The van der Waals surface area contributed by atoms with E-state index in [0.717, 1.165) is 12.1 Å². The summed E-state index contributed by atoms with van der Waals surface area (Å²) in [5.74, 6) is -1.09. The lowest BCUT2D eigenvalue weighted by atomic mass is 9.74. The largest absolute Gasteiger partial charge is 0.591 e. The van der Waals surface area contributed by atoms with Crippen molar-refractivity contribution in [3.8, 4) is 0 Å². The Labute approximate surface area is 154 Å². The summed E-state index contributed by atoms with van der Waals surface area (Å²) in [4.78, 5) is 12.5. The Hall–Kier alpha value is -1.67. The molecule has 1 aliphatic carbocycles. The van der Waals surface area contributed by atoms with Crippen LogP contribution in [0.25, 0.3) is 0 Å². The van der Waals surface area contributed by atoms with Crippen molar-refractivity contribution in [1.82, 2.24) is 4.90 Å². The summed E-state index contributed by atoms with van der Waals surface area (Å²) in [6.07, 6.45) is 0.0316. The van der Waals surface area contributed by atoms with Gasteiger partial charge in [-0.05, 0) is 52.2 Å². The van der Waals surface area contributed by atoms with Crippen molar-refractivity contribution in [3.63, 3.8) is 0 Å². The molecule has 0 aromatic heterocycles. The van der Waals surface area contributed by atoms with Crippen molar-refractivity contribution >= 4 is 23.2 Å². The molecule has 2 aliphatic rings. The SMILES string of the molecule is CC(C)(C)[S+]([O-])/N=C1\c2c(F)ccc(F)c2CC12CCN(C(=O)O)CC2. The monoisotopic (exact) mass is 384 g/mol. The van der Waals surface area contributed by atoms with Gasteiger partial charge in [0.1, 0.15) is 33.5 Å². The Morgan fingerprint density at radius 1 is 1.27 bits per heavy atom. The summed E-state index contributed by atoms with van der Waals surface area (Å²) in [6, 6.07) is 2.16. The summed E-state index contributed by atoms with van der Waals surface area (Å²) < 4.78 is 45.3. The third-order valence-electron chi connectivity index (χ3n) is 5.15. The van der Waals surface area contributed by atoms with Crippen molar-refractivity contribution in [3.05, 3.63) is 34.9 Å². The lowest BCUT2D eigenvalue weighted by molar-refractivity contribution is 0.114. The van der Waals surface area contributed by atoms with Crippen LogP contribution in [-0.2, 0) is 17.8 Å². The molecule has 1 saturated heterocycles. The number of carbonyl (C=O) groups is 1. The predicted molar refractivity (Wildman–Crippen MR) is 95.8 cm³/mol. The minimum Gasteiger partial charge on any atom is -0.591 e. The summed E-state index contributed by atoms with van der Waals surface area (Å²) in [5, 5.41) is 9.18. The van der Waals surface area contributed by atoms with Gasteiger partial charge in [-0.2, -0.15) is 0 Å². The molecule has 1 aromatic rings. The van der Waals surface area contributed by atoms with Gasteiger partial charge in [-0.15, -0.1) is 0 Å². The normalized spacial score (nSPS) is 21.9. The average Bonchev–Trinajstić information content (AvgIpc) is 2.86. The lowest BCUT2D eigenvalue weighted by Gasteiger charge is -2.38. The molecule has 0 bridgehead atoms. The first-order chi connectivity index (χ1) is 12.0. The molecule has 1 N–H and O–H groups in total. The van der Waals surface area contributed by atoms with E-state index in [-0.39, 0.29) is 30.6 Å². The molecule has 0 radical (unpaired) electrons. The summed E-state index contributed by atoms with van der Waals surface area (Å²) in [6.45, 7) is 5.82. The standard InChI is InChI=1S/C18H22F2N2O3S/c1-17(2,3)26(25)21-15-14-11(12(19)4-5-13(14)20)10-18(15)6-8-22(9-7-18)16(23)24/h4-5H,6-10H2,1-3H3,(H,23,24)/b21-15+. The number of hydrogen-bond donors (Lipinski definition) is 1. The van der Waals surface area contributed by atoms with E-state index in [1.807, 2.05) is 0 Å². The molecule has 8 heteroatoms. The van der Waals surface area contributed by atoms with Gasteiger partial charge in [0.25, 0.3) is 0 Å². The maximum atomic E-state index is 14.6. The van der Waals surface area contributed by atoms with Crippen molar-refractivity contribution in [1.29, 1.82) is 0 Å². The number of rotatable bonds is 1. The Bertz CT molecular complexity index is 768. The fourth-order valence-corrected chi connectivity index (χ4v) is 4.34. The first-order valence-corrected chi connectivity index (χ1v) is 9.62.